The lowest BCUT2D eigenvalue weighted by Gasteiger charge is -2.23. The van der Waals surface area contributed by atoms with Crippen molar-refractivity contribution in [1.29, 1.82) is 5.26 Å². The number of thiazole rings is 1. The van der Waals surface area contributed by atoms with Gasteiger partial charge in [0.15, 0.2) is 5.13 Å². The van der Waals surface area contributed by atoms with E-state index in [2.05, 4.69) is 46.4 Å². The molecule has 4 rings (SSSR count). The van der Waals surface area contributed by atoms with Gasteiger partial charge >= 0.3 is 0 Å². The van der Waals surface area contributed by atoms with E-state index in [4.69, 9.17) is 10.2 Å². The Balaban J connectivity index is 1.44. The van der Waals surface area contributed by atoms with Crippen LogP contribution >= 0.6 is 22.7 Å². The maximum atomic E-state index is 8.97. The monoisotopic (exact) mass is 423 g/mol. The fraction of sp³-hybridized carbons (Fsp3) is 0.409. The molecule has 5 nitrogen and oxygen atoms in total. The molecule has 0 spiro atoms. The second-order valence-corrected chi connectivity index (χ2v) is 9.60. The molecular weight excluding hydrogens is 398 g/mol. The lowest BCUT2D eigenvalue weighted by Crippen LogP contribution is -2.23. The Morgan fingerprint density at radius 2 is 2.14 bits per heavy atom. The van der Waals surface area contributed by atoms with Crippen molar-refractivity contribution >= 4 is 33.6 Å². The van der Waals surface area contributed by atoms with Crippen LogP contribution in [0.25, 0.3) is 0 Å². The smallest absolute Gasteiger partial charge is 0.189 e. The SMILES string of the molecule is CCCCc1ccc(CN2CCC[C@H]2c2cccc(Nc3ncc(C#N)s3)n2)s1. The van der Waals surface area contributed by atoms with Crippen molar-refractivity contribution in [2.45, 2.75) is 51.6 Å². The first-order chi connectivity index (χ1) is 14.2. The Hall–Kier alpha value is -2.27. The van der Waals surface area contributed by atoms with Gasteiger partial charge in [0.05, 0.1) is 17.9 Å². The highest BCUT2D eigenvalue weighted by Crippen LogP contribution is 2.34. The van der Waals surface area contributed by atoms with Gasteiger partial charge < -0.3 is 5.32 Å². The highest BCUT2D eigenvalue weighted by molar-refractivity contribution is 7.16. The third kappa shape index (κ3) is 5.02. The first-order valence-electron chi connectivity index (χ1n) is 10.2. The van der Waals surface area contributed by atoms with Crippen molar-refractivity contribution in [2.75, 3.05) is 11.9 Å². The number of pyridine rings is 1. The lowest BCUT2D eigenvalue weighted by atomic mass is 10.1. The number of aryl methyl sites for hydroxylation is 1. The second kappa shape index (κ2) is 9.49. The first-order valence-corrected chi connectivity index (χ1v) is 11.8. The van der Waals surface area contributed by atoms with Crippen LogP contribution in [0, 0.1) is 11.3 Å². The molecule has 7 heteroatoms. The summed E-state index contributed by atoms with van der Waals surface area (Å²) in [6.07, 6.45) is 7.65. The maximum Gasteiger partial charge on any atom is 0.189 e. The normalized spacial score (nSPS) is 16.8. The number of thiophene rings is 1. The van der Waals surface area contributed by atoms with Gasteiger partial charge in [0, 0.05) is 16.3 Å². The summed E-state index contributed by atoms with van der Waals surface area (Å²) in [5.74, 6) is 0.783. The van der Waals surface area contributed by atoms with E-state index in [-0.39, 0.29) is 0 Å². The first kappa shape index (κ1) is 20.0. The van der Waals surface area contributed by atoms with Crippen LogP contribution in [-0.2, 0) is 13.0 Å². The number of rotatable bonds is 8. The molecule has 1 atom stereocenters. The van der Waals surface area contributed by atoms with E-state index in [1.54, 1.807) is 6.20 Å². The van der Waals surface area contributed by atoms with Gasteiger partial charge in [-0.1, -0.05) is 30.7 Å². The molecule has 4 heterocycles. The molecule has 1 aliphatic heterocycles. The van der Waals surface area contributed by atoms with Gasteiger partial charge in [-0.3, -0.25) is 4.90 Å². The van der Waals surface area contributed by atoms with Gasteiger partial charge in [0.2, 0.25) is 0 Å². The van der Waals surface area contributed by atoms with Crippen LogP contribution in [0.15, 0.2) is 36.5 Å². The number of nitrogens with zero attached hydrogens (tertiary/aromatic N) is 4. The Bertz CT molecular complexity index is 987. The molecule has 0 bridgehead atoms. The van der Waals surface area contributed by atoms with Gasteiger partial charge in [-0.2, -0.15) is 5.26 Å². The minimum Gasteiger partial charge on any atom is -0.316 e. The van der Waals surface area contributed by atoms with Crippen molar-refractivity contribution in [3.05, 3.63) is 56.9 Å². The number of anilines is 2. The van der Waals surface area contributed by atoms with Crippen molar-refractivity contribution in [3.63, 3.8) is 0 Å². The van der Waals surface area contributed by atoms with Gasteiger partial charge in [-0.15, -0.1) is 11.3 Å². The third-order valence-electron chi connectivity index (χ3n) is 5.18. The molecule has 3 aromatic rings. The Kier molecular flexibility index (Phi) is 6.55. The Labute approximate surface area is 180 Å². The molecule has 29 heavy (non-hydrogen) atoms. The molecule has 0 saturated carbocycles. The van der Waals surface area contributed by atoms with E-state index in [0.717, 1.165) is 31.0 Å². The molecule has 0 aromatic carbocycles. The van der Waals surface area contributed by atoms with Crippen molar-refractivity contribution in [3.8, 4) is 6.07 Å². The van der Waals surface area contributed by atoms with E-state index >= 15 is 0 Å². The zero-order valence-corrected chi connectivity index (χ0v) is 18.2. The minimum atomic E-state index is 0.351. The van der Waals surface area contributed by atoms with E-state index in [1.165, 1.54) is 46.8 Å². The second-order valence-electron chi connectivity index (χ2n) is 7.31. The van der Waals surface area contributed by atoms with Gasteiger partial charge in [-0.25, -0.2) is 9.97 Å². The summed E-state index contributed by atoms with van der Waals surface area (Å²) in [7, 11) is 0. The van der Waals surface area contributed by atoms with Crippen molar-refractivity contribution < 1.29 is 0 Å². The molecule has 1 saturated heterocycles. The zero-order chi connectivity index (χ0) is 20.1. The van der Waals surface area contributed by atoms with E-state index < -0.39 is 0 Å². The Morgan fingerprint density at radius 3 is 2.97 bits per heavy atom. The predicted octanol–water partition coefficient (Wildman–Crippen LogP) is 5.89. The van der Waals surface area contributed by atoms with E-state index in [0.29, 0.717) is 16.1 Å². The molecule has 0 unspecified atom stereocenters. The zero-order valence-electron chi connectivity index (χ0n) is 16.6. The molecule has 1 fully saturated rings. The number of unbranched alkanes of at least 4 members (excludes halogenated alkanes) is 1. The van der Waals surface area contributed by atoms with Gasteiger partial charge in [0.1, 0.15) is 16.8 Å². The quantitative estimate of drug-likeness (QED) is 0.489. The summed E-state index contributed by atoms with van der Waals surface area (Å²) >= 11 is 3.30. The molecule has 150 valence electrons. The molecular formula is C22H25N5S2. The highest BCUT2D eigenvalue weighted by atomic mass is 32.1. The van der Waals surface area contributed by atoms with E-state index in [9.17, 15) is 0 Å². The molecule has 0 radical (unpaired) electrons. The Morgan fingerprint density at radius 1 is 1.24 bits per heavy atom. The summed E-state index contributed by atoms with van der Waals surface area (Å²) in [4.78, 5) is 15.2. The number of nitrogens with one attached hydrogen (secondary N) is 1. The van der Waals surface area contributed by atoms with E-state index in [1.807, 2.05) is 23.5 Å². The van der Waals surface area contributed by atoms with Crippen LogP contribution < -0.4 is 5.32 Å². The summed E-state index contributed by atoms with van der Waals surface area (Å²) in [5.41, 5.74) is 1.10. The van der Waals surface area contributed by atoms with Crippen LogP contribution in [0.3, 0.4) is 0 Å². The largest absolute Gasteiger partial charge is 0.316 e. The van der Waals surface area contributed by atoms with Crippen LogP contribution in [-0.4, -0.2) is 21.4 Å². The highest BCUT2D eigenvalue weighted by Gasteiger charge is 2.27. The molecule has 3 aromatic heterocycles. The fourth-order valence-corrected chi connectivity index (χ4v) is 5.45. The number of hydrogen-bond acceptors (Lipinski definition) is 7. The summed E-state index contributed by atoms with van der Waals surface area (Å²) < 4.78 is 0. The molecule has 0 amide bonds. The van der Waals surface area contributed by atoms with Gasteiger partial charge in [-0.05, 0) is 56.5 Å². The number of hydrogen-bond donors (Lipinski definition) is 1. The lowest BCUT2D eigenvalue weighted by molar-refractivity contribution is 0.247. The standard InChI is InChI=1S/C22H25N5S2/c1-2-3-6-16-10-11-17(28-16)15-27-12-5-8-20(27)19-7-4-9-21(25-19)26-22-24-14-18(13-23)29-22/h4,7,9-11,14,20H,2-3,5-6,8,12,15H2,1H3,(H,24,25,26)/t20-/m0/s1. The van der Waals surface area contributed by atoms with Crippen LogP contribution in [0.2, 0.25) is 0 Å². The van der Waals surface area contributed by atoms with Gasteiger partial charge in [0.25, 0.3) is 0 Å². The summed E-state index contributed by atoms with van der Waals surface area (Å²) in [5, 5.41) is 12.9. The number of likely N-dealkylation sites (tertiary alicyclic amines) is 1. The number of nitriles is 1. The maximum absolute atomic E-state index is 8.97. The summed E-state index contributed by atoms with van der Waals surface area (Å²) in [6.45, 7) is 4.36. The third-order valence-corrected chi connectivity index (χ3v) is 7.13. The minimum absolute atomic E-state index is 0.351. The van der Waals surface area contributed by atoms with Crippen molar-refractivity contribution in [2.24, 2.45) is 0 Å². The summed E-state index contributed by atoms with van der Waals surface area (Å²) in [6, 6.07) is 13.2. The van der Waals surface area contributed by atoms with Crippen LogP contribution in [0.5, 0.6) is 0 Å². The topological polar surface area (TPSA) is 64.8 Å². The average Bonchev–Trinajstić information content (AvgIpc) is 3.48. The van der Waals surface area contributed by atoms with Crippen LogP contribution in [0.4, 0.5) is 10.9 Å². The fourth-order valence-electron chi connectivity index (χ4n) is 3.74. The molecule has 1 N–H and O–H groups in total. The average molecular weight is 424 g/mol. The van der Waals surface area contributed by atoms with Crippen molar-refractivity contribution in [1.82, 2.24) is 14.9 Å². The molecule has 0 aliphatic carbocycles. The predicted molar refractivity (Wildman–Crippen MR) is 120 cm³/mol. The molecule has 1 aliphatic rings. The van der Waals surface area contributed by atoms with Crippen LogP contribution in [0.1, 0.15) is 59.0 Å². The number of aromatic nitrogens is 2.